The predicted octanol–water partition coefficient (Wildman–Crippen LogP) is 3.66. The van der Waals surface area contributed by atoms with Gasteiger partial charge in [0.25, 0.3) is 0 Å². The molecule has 8 heteroatoms. The van der Waals surface area contributed by atoms with E-state index in [2.05, 4.69) is 47.9 Å². The Labute approximate surface area is 211 Å². The van der Waals surface area contributed by atoms with Gasteiger partial charge < -0.3 is 24.2 Å². The molecule has 1 saturated heterocycles. The molecule has 5 rings (SSSR count). The zero-order valence-electron chi connectivity index (χ0n) is 21.0. The highest BCUT2D eigenvalue weighted by atomic mass is 16.5. The molecule has 8 nitrogen and oxygen atoms in total. The minimum Gasteiger partial charge on any atom is -0.453 e. The molecule has 0 unspecified atom stereocenters. The second-order valence-corrected chi connectivity index (χ2v) is 9.90. The molecule has 2 aliphatic heterocycles. The fraction of sp³-hybridized carbons (Fsp3) is 0.464. The molecule has 3 aromatic rings. The van der Waals surface area contributed by atoms with E-state index in [1.807, 2.05) is 6.07 Å². The summed E-state index contributed by atoms with van der Waals surface area (Å²) >= 11 is 0. The molecule has 36 heavy (non-hydrogen) atoms. The monoisotopic (exact) mass is 490 g/mol. The summed E-state index contributed by atoms with van der Waals surface area (Å²) in [5.41, 5.74) is 5.66. The summed E-state index contributed by atoms with van der Waals surface area (Å²) in [6.07, 6.45) is 2.97. The van der Waals surface area contributed by atoms with Gasteiger partial charge in [0, 0.05) is 37.2 Å². The van der Waals surface area contributed by atoms with Crippen molar-refractivity contribution in [2.24, 2.45) is 0 Å². The normalized spacial score (nSPS) is 17.2. The zero-order valence-corrected chi connectivity index (χ0v) is 21.0. The molecule has 1 aromatic heterocycles. The molecular weight excluding hydrogens is 456 g/mol. The number of hydrogen-bond donors (Lipinski definition) is 1. The van der Waals surface area contributed by atoms with Crippen molar-refractivity contribution in [3.05, 3.63) is 65.0 Å². The first-order chi connectivity index (χ1) is 17.5. The second-order valence-electron chi connectivity index (χ2n) is 9.90. The zero-order chi connectivity index (χ0) is 25.2. The Kier molecular flexibility index (Phi) is 6.96. The Morgan fingerprint density at radius 3 is 2.53 bits per heavy atom. The number of fused-ring (bicyclic) bond motifs is 3. The quantitative estimate of drug-likeness (QED) is 0.590. The Morgan fingerprint density at radius 1 is 1.08 bits per heavy atom. The molecule has 0 aliphatic carbocycles. The van der Waals surface area contributed by atoms with E-state index >= 15 is 0 Å². The summed E-state index contributed by atoms with van der Waals surface area (Å²) in [5, 5.41) is 9.27. The first-order valence-electron chi connectivity index (χ1n) is 12.8. The van der Waals surface area contributed by atoms with Gasteiger partial charge in [-0.1, -0.05) is 36.4 Å². The number of hydrogen-bond acceptors (Lipinski definition) is 5. The number of aromatic nitrogens is 2. The van der Waals surface area contributed by atoms with Crippen LogP contribution in [0.4, 0.5) is 4.79 Å². The topological polar surface area (TPSA) is 87.9 Å². The van der Waals surface area contributed by atoms with Gasteiger partial charge in [0.1, 0.15) is 12.4 Å². The van der Waals surface area contributed by atoms with E-state index in [0.29, 0.717) is 26.2 Å². The number of piperidine rings is 1. The molecule has 3 heterocycles. The molecule has 0 spiro atoms. The number of likely N-dealkylation sites (tertiary alicyclic amines) is 1. The number of amides is 2. The largest absolute Gasteiger partial charge is 0.453 e. The minimum atomic E-state index is -0.444. The minimum absolute atomic E-state index is 0.183. The Morgan fingerprint density at radius 2 is 1.83 bits per heavy atom. The molecule has 1 atom stereocenters. The maximum atomic E-state index is 12.3. The lowest BCUT2D eigenvalue weighted by atomic mass is 9.95. The maximum Gasteiger partial charge on any atom is 0.409 e. The number of imidazole rings is 1. The summed E-state index contributed by atoms with van der Waals surface area (Å²) in [4.78, 5) is 33.0. The number of carbonyl (C=O) groups is 2. The summed E-state index contributed by atoms with van der Waals surface area (Å²) in [6.45, 7) is 4.16. The third-order valence-electron chi connectivity index (χ3n) is 7.69. The number of ether oxygens (including phenoxy) is 1. The van der Waals surface area contributed by atoms with Crippen LogP contribution in [0.25, 0.3) is 11.0 Å². The van der Waals surface area contributed by atoms with E-state index in [-0.39, 0.29) is 24.0 Å². The predicted molar refractivity (Wildman–Crippen MR) is 137 cm³/mol. The van der Waals surface area contributed by atoms with Crippen LogP contribution < -0.4 is 0 Å². The fourth-order valence-corrected chi connectivity index (χ4v) is 5.78. The van der Waals surface area contributed by atoms with Gasteiger partial charge in [0.2, 0.25) is 5.91 Å². The Hall–Kier alpha value is -3.39. The van der Waals surface area contributed by atoms with Gasteiger partial charge in [-0.15, -0.1) is 0 Å². The lowest BCUT2D eigenvalue weighted by Gasteiger charge is -2.32. The van der Waals surface area contributed by atoms with Crippen molar-refractivity contribution in [3.8, 4) is 0 Å². The van der Waals surface area contributed by atoms with E-state index in [9.17, 15) is 14.7 Å². The van der Waals surface area contributed by atoms with Crippen LogP contribution in [-0.2, 0) is 28.9 Å². The molecule has 0 saturated carbocycles. The lowest BCUT2D eigenvalue weighted by Crippen LogP contribution is -2.39. The van der Waals surface area contributed by atoms with Crippen LogP contribution in [-0.4, -0.2) is 69.8 Å². The highest BCUT2D eigenvalue weighted by molar-refractivity contribution is 5.83. The molecule has 0 bridgehead atoms. The number of methoxy groups -OCH3 is 1. The van der Waals surface area contributed by atoms with E-state index in [4.69, 9.17) is 9.72 Å². The third kappa shape index (κ3) is 4.57. The second kappa shape index (κ2) is 10.3. The number of benzene rings is 2. The summed E-state index contributed by atoms with van der Waals surface area (Å²) in [7, 11) is 1.42. The highest BCUT2D eigenvalue weighted by Crippen LogP contribution is 2.36. The smallest absolute Gasteiger partial charge is 0.409 e. The lowest BCUT2D eigenvalue weighted by molar-refractivity contribution is -0.135. The van der Waals surface area contributed by atoms with Crippen LogP contribution in [0.3, 0.4) is 0 Å². The average Bonchev–Trinajstić information content (AvgIpc) is 3.33. The van der Waals surface area contributed by atoms with Crippen molar-refractivity contribution in [3.63, 3.8) is 0 Å². The van der Waals surface area contributed by atoms with Gasteiger partial charge in [-0.3, -0.25) is 4.79 Å². The number of carbonyl (C=O) groups excluding carboxylic acids is 2. The van der Waals surface area contributed by atoms with Crippen molar-refractivity contribution in [2.45, 2.75) is 51.1 Å². The standard InChI is InChI=1S/C28H34N4O4/c1-19(16-20-6-4-3-5-7-20)32-24-9-8-21-10-15-31(28(35)36-2)17-23(21)26(24)29-27(32)22-11-13-30(14-12-22)25(34)18-33/h3-9,19,22,33H,10-18H2,1-2H3/t19-/m1/s1. The van der Waals surface area contributed by atoms with E-state index in [0.717, 1.165) is 48.1 Å². The Balaban J connectivity index is 1.55. The van der Waals surface area contributed by atoms with Gasteiger partial charge in [-0.2, -0.15) is 0 Å². The Bertz CT molecular complexity index is 1250. The SMILES string of the molecule is COC(=O)N1CCc2ccc3c(nc(C4CCN(C(=O)CO)CC4)n3[C@H](C)Cc3ccccc3)c2C1. The molecule has 2 aliphatic rings. The van der Waals surface area contributed by atoms with Crippen LogP contribution in [0.2, 0.25) is 0 Å². The molecule has 0 radical (unpaired) electrons. The molecule has 1 N–H and O–H groups in total. The molecule has 2 amide bonds. The van der Waals surface area contributed by atoms with Gasteiger partial charge >= 0.3 is 6.09 Å². The van der Waals surface area contributed by atoms with Gasteiger partial charge in [-0.05, 0) is 49.8 Å². The van der Waals surface area contributed by atoms with Gasteiger partial charge in [0.05, 0.1) is 24.7 Å². The first-order valence-corrected chi connectivity index (χ1v) is 12.8. The van der Waals surface area contributed by atoms with Crippen molar-refractivity contribution < 1.29 is 19.4 Å². The van der Waals surface area contributed by atoms with Crippen molar-refractivity contribution in [1.29, 1.82) is 0 Å². The molecule has 190 valence electrons. The van der Waals surface area contributed by atoms with Gasteiger partial charge in [0.15, 0.2) is 0 Å². The third-order valence-corrected chi connectivity index (χ3v) is 7.69. The summed E-state index contributed by atoms with van der Waals surface area (Å²) < 4.78 is 7.38. The summed E-state index contributed by atoms with van der Waals surface area (Å²) in [6, 6.07) is 15.0. The maximum absolute atomic E-state index is 12.3. The van der Waals surface area contributed by atoms with Gasteiger partial charge in [-0.25, -0.2) is 9.78 Å². The van der Waals surface area contributed by atoms with E-state index < -0.39 is 6.61 Å². The van der Waals surface area contributed by atoms with Crippen LogP contribution in [0.5, 0.6) is 0 Å². The van der Waals surface area contributed by atoms with Crippen molar-refractivity contribution >= 4 is 23.0 Å². The van der Waals surface area contributed by atoms with Crippen molar-refractivity contribution in [2.75, 3.05) is 33.4 Å². The van der Waals surface area contributed by atoms with Crippen molar-refractivity contribution in [1.82, 2.24) is 19.4 Å². The van der Waals surface area contributed by atoms with Crippen LogP contribution in [0.15, 0.2) is 42.5 Å². The fourth-order valence-electron chi connectivity index (χ4n) is 5.78. The molecule has 2 aromatic carbocycles. The molecule has 1 fully saturated rings. The van der Waals surface area contributed by atoms with E-state index in [1.54, 1.807) is 9.80 Å². The average molecular weight is 491 g/mol. The highest BCUT2D eigenvalue weighted by Gasteiger charge is 2.31. The van der Waals surface area contributed by atoms with Crippen LogP contribution in [0, 0.1) is 0 Å². The van der Waals surface area contributed by atoms with Crippen LogP contribution >= 0.6 is 0 Å². The number of aliphatic hydroxyl groups is 1. The van der Waals surface area contributed by atoms with Crippen LogP contribution in [0.1, 0.15) is 54.2 Å². The van der Waals surface area contributed by atoms with E-state index in [1.165, 1.54) is 18.2 Å². The summed E-state index contributed by atoms with van der Waals surface area (Å²) in [5.74, 6) is 1.05. The number of nitrogens with zero attached hydrogens (tertiary/aromatic N) is 4. The number of aliphatic hydroxyl groups excluding tert-OH is 1. The number of rotatable bonds is 5. The molecular formula is C28H34N4O4. The first kappa shape index (κ1) is 24.3.